The summed E-state index contributed by atoms with van der Waals surface area (Å²) in [5, 5.41) is 3.33. The second-order valence-corrected chi connectivity index (χ2v) is 2.70. The highest BCUT2D eigenvalue weighted by molar-refractivity contribution is 5.97. The number of hydrogen-bond acceptors (Lipinski definition) is 3. The van der Waals surface area contributed by atoms with Gasteiger partial charge in [-0.3, -0.25) is 0 Å². The SMILES string of the molecule is CCNC(CC)CO[SiH3].N. The van der Waals surface area contributed by atoms with Crippen LogP contribution in [0.1, 0.15) is 20.3 Å². The molecule has 0 aromatic heterocycles. The van der Waals surface area contributed by atoms with Crippen LogP contribution in [0.25, 0.3) is 0 Å². The van der Waals surface area contributed by atoms with E-state index in [9.17, 15) is 0 Å². The van der Waals surface area contributed by atoms with Crippen LogP contribution in [0.2, 0.25) is 0 Å². The molecule has 4 heteroatoms. The zero-order valence-corrected chi connectivity index (χ0v) is 9.31. The molecule has 0 rings (SSSR count). The molecule has 4 N–H and O–H groups in total. The Hall–Kier alpha value is 0.0969. The summed E-state index contributed by atoms with van der Waals surface area (Å²) in [6.45, 7) is 6.23. The molecule has 0 radical (unpaired) electrons. The third kappa shape index (κ3) is 6.22. The molecule has 0 saturated heterocycles. The molecule has 0 fully saturated rings. The summed E-state index contributed by atoms with van der Waals surface area (Å²) in [7, 11) is 0.859. The largest absolute Gasteiger partial charge is 0.426 e. The molecule has 1 unspecified atom stereocenters. The van der Waals surface area contributed by atoms with Crippen molar-refractivity contribution in [2.45, 2.75) is 26.3 Å². The van der Waals surface area contributed by atoms with Crippen LogP contribution in [0.15, 0.2) is 0 Å². The summed E-state index contributed by atoms with van der Waals surface area (Å²) in [6.07, 6.45) is 1.16. The molecule has 0 aromatic carbocycles. The Bertz CT molecular complexity index is 57.7. The van der Waals surface area contributed by atoms with E-state index >= 15 is 0 Å². The maximum atomic E-state index is 5.12. The van der Waals surface area contributed by atoms with E-state index in [0.29, 0.717) is 6.04 Å². The molecule has 0 spiro atoms. The Morgan fingerprint density at radius 3 is 2.40 bits per heavy atom. The lowest BCUT2D eigenvalue weighted by Crippen LogP contribution is -2.32. The Balaban J connectivity index is 0. The molecule has 0 aliphatic carbocycles. The maximum absolute atomic E-state index is 5.12. The second kappa shape index (κ2) is 9.10. The summed E-state index contributed by atoms with van der Waals surface area (Å²) < 4.78 is 5.12. The second-order valence-electron chi connectivity index (χ2n) is 2.12. The molecule has 0 bridgehead atoms. The van der Waals surface area contributed by atoms with Crippen LogP contribution < -0.4 is 11.5 Å². The van der Waals surface area contributed by atoms with Crippen molar-refractivity contribution in [3.05, 3.63) is 0 Å². The lowest BCUT2D eigenvalue weighted by molar-refractivity contribution is 0.283. The first kappa shape index (κ1) is 12.7. The first-order valence-corrected chi connectivity index (χ1v) is 4.39. The van der Waals surface area contributed by atoms with Gasteiger partial charge in [-0.15, -0.1) is 0 Å². The van der Waals surface area contributed by atoms with Crippen molar-refractivity contribution in [1.82, 2.24) is 11.5 Å². The lowest BCUT2D eigenvalue weighted by atomic mass is 10.2. The van der Waals surface area contributed by atoms with Gasteiger partial charge in [0, 0.05) is 12.6 Å². The lowest BCUT2D eigenvalue weighted by Gasteiger charge is -2.13. The summed E-state index contributed by atoms with van der Waals surface area (Å²) in [5.41, 5.74) is 0. The number of nitrogens with one attached hydrogen (secondary N) is 1. The zero-order valence-electron chi connectivity index (χ0n) is 7.31. The quantitative estimate of drug-likeness (QED) is 0.555. The van der Waals surface area contributed by atoms with Crippen LogP contribution in [0.3, 0.4) is 0 Å². The molecule has 0 aromatic rings. The first-order chi connectivity index (χ1) is 4.35. The molecule has 3 nitrogen and oxygen atoms in total. The van der Waals surface area contributed by atoms with Gasteiger partial charge in [-0.25, -0.2) is 0 Å². The van der Waals surface area contributed by atoms with E-state index in [2.05, 4.69) is 19.2 Å². The van der Waals surface area contributed by atoms with E-state index in [0.717, 1.165) is 30.1 Å². The van der Waals surface area contributed by atoms with Gasteiger partial charge in [0.15, 0.2) is 0 Å². The summed E-state index contributed by atoms with van der Waals surface area (Å²) in [6, 6.07) is 0.576. The molecule has 0 aliphatic heterocycles. The molecule has 0 saturated carbocycles. The van der Waals surface area contributed by atoms with E-state index in [1.165, 1.54) is 0 Å². The number of likely N-dealkylation sites (N-methyl/N-ethyl adjacent to an activating group) is 1. The van der Waals surface area contributed by atoms with Crippen molar-refractivity contribution in [2.75, 3.05) is 13.2 Å². The van der Waals surface area contributed by atoms with Crippen molar-refractivity contribution < 1.29 is 4.43 Å². The normalized spacial score (nSPS) is 12.6. The summed E-state index contributed by atoms with van der Waals surface area (Å²) in [4.78, 5) is 0. The Morgan fingerprint density at radius 2 is 2.10 bits per heavy atom. The van der Waals surface area contributed by atoms with Gasteiger partial charge in [0.1, 0.15) is 10.5 Å². The van der Waals surface area contributed by atoms with E-state index in [1.54, 1.807) is 0 Å². The standard InChI is InChI=1S/C6H17NOSi.H3N/c1-3-6(5-8-9)7-4-2;/h6-7H,3-5H2,1-2,9H3;1H3. The third-order valence-electron chi connectivity index (χ3n) is 1.35. The number of rotatable bonds is 5. The van der Waals surface area contributed by atoms with Crippen molar-refractivity contribution in [2.24, 2.45) is 0 Å². The molecule has 10 heavy (non-hydrogen) atoms. The van der Waals surface area contributed by atoms with Crippen LogP contribution >= 0.6 is 0 Å². The Morgan fingerprint density at radius 1 is 1.50 bits per heavy atom. The van der Waals surface area contributed by atoms with Crippen molar-refractivity contribution in [3.63, 3.8) is 0 Å². The van der Waals surface area contributed by atoms with Crippen molar-refractivity contribution in [1.29, 1.82) is 0 Å². The van der Waals surface area contributed by atoms with Crippen LogP contribution in [0.4, 0.5) is 0 Å². The fourth-order valence-corrected chi connectivity index (χ4v) is 1.21. The molecular formula is C6H20N2OSi. The van der Waals surface area contributed by atoms with Gasteiger partial charge in [0.2, 0.25) is 0 Å². The average Bonchev–Trinajstić information content (AvgIpc) is 1.88. The van der Waals surface area contributed by atoms with Gasteiger partial charge in [0.05, 0.1) is 0 Å². The Kier molecular flexibility index (Phi) is 11.6. The molecular weight excluding hydrogens is 144 g/mol. The average molecular weight is 164 g/mol. The highest BCUT2D eigenvalue weighted by atomic mass is 28.2. The van der Waals surface area contributed by atoms with Gasteiger partial charge in [-0.05, 0) is 13.0 Å². The summed E-state index contributed by atoms with van der Waals surface area (Å²) >= 11 is 0. The minimum atomic E-state index is 0. The van der Waals surface area contributed by atoms with Crippen LogP contribution in [-0.2, 0) is 4.43 Å². The maximum Gasteiger partial charge on any atom is 0.146 e. The molecule has 1 atom stereocenters. The van der Waals surface area contributed by atoms with Crippen molar-refractivity contribution in [3.8, 4) is 0 Å². The zero-order chi connectivity index (χ0) is 7.11. The molecule has 0 amide bonds. The van der Waals surface area contributed by atoms with Gasteiger partial charge in [-0.1, -0.05) is 13.8 Å². The highest BCUT2D eigenvalue weighted by Gasteiger charge is 2.00. The third-order valence-corrected chi connectivity index (χ3v) is 1.69. The van der Waals surface area contributed by atoms with E-state index in [4.69, 9.17) is 4.43 Å². The van der Waals surface area contributed by atoms with Gasteiger partial charge < -0.3 is 15.9 Å². The summed E-state index contributed by atoms with van der Waals surface area (Å²) in [5.74, 6) is 0. The van der Waals surface area contributed by atoms with E-state index in [-0.39, 0.29) is 6.15 Å². The minimum Gasteiger partial charge on any atom is -0.426 e. The first-order valence-electron chi connectivity index (χ1n) is 3.57. The fraction of sp³-hybridized carbons (Fsp3) is 1.00. The number of hydrogen-bond donors (Lipinski definition) is 2. The smallest absolute Gasteiger partial charge is 0.146 e. The van der Waals surface area contributed by atoms with E-state index in [1.807, 2.05) is 0 Å². The molecule has 0 heterocycles. The van der Waals surface area contributed by atoms with Crippen LogP contribution in [-0.4, -0.2) is 29.7 Å². The van der Waals surface area contributed by atoms with E-state index < -0.39 is 0 Å². The van der Waals surface area contributed by atoms with Crippen LogP contribution in [0.5, 0.6) is 0 Å². The van der Waals surface area contributed by atoms with Crippen LogP contribution in [0, 0.1) is 0 Å². The van der Waals surface area contributed by atoms with Gasteiger partial charge >= 0.3 is 0 Å². The van der Waals surface area contributed by atoms with Gasteiger partial charge in [-0.2, -0.15) is 0 Å². The Labute approximate surface area is 66.7 Å². The fourth-order valence-electron chi connectivity index (χ4n) is 0.811. The molecule has 0 aliphatic rings. The predicted octanol–water partition coefficient (Wildman–Crippen LogP) is -0.166. The monoisotopic (exact) mass is 164 g/mol. The van der Waals surface area contributed by atoms with Gasteiger partial charge in [0.25, 0.3) is 0 Å². The minimum absolute atomic E-state index is 0. The topological polar surface area (TPSA) is 56.3 Å². The highest BCUT2D eigenvalue weighted by Crippen LogP contribution is 1.88. The molecule has 64 valence electrons. The van der Waals surface area contributed by atoms with Crippen molar-refractivity contribution >= 4 is 10.5 Å². The predicted molar refractivity (Wildman–Crippen MR) is 48.7 cm³/mol.